The van der Waals surface area contributed by atoms with Gasteiger partial charge in [0.25, 0.3) is 0 Å². The van der Waals surface area contributed by atoms with Crippen molar-refractivity contribution in [3.63, 3.8) is 0 Å². The third-order valence-corrected chi connectivity index (χ3v) is 1.84. The highest BCUT2D eigenvalue weighted by Crippen LogP contribution is 2.00. The number of ether oxygens (including phenoxy) is 1. The van der Waals surface area contributed by atoms with Crippen LogP contribution in [0.4, 0.5) is 0 Å². The quantitative estimate of drug-likeness (QED) is 0.519. The van der Waals surface area contributed by atoms with Gasteiger partial charge in [0.1, 0.15) is 5.82 Å². The third-order valence-electron chi connectivity index (χ3n) is 1.60. The van der Waals surface area contributed by atoms with E-state index in [1.54, 1.807) is 6.20 Å². The molecule has 0 saturated heterocycles. The number of halogens is 1. The van der Waals surface area contributed by atoms with Crippen molar-refractivity contribution in [1.29, 1.82) is 0 Å². The van der Waals surface area contributed by atoms with Crippen LogP contribution in [0.5, 0.6) is 0 Å². The minimum absolute atomic E-state index is 0.457. The first-order chi connectivity index (χ1) is 5.88. The van der Waals surface area contributed by atoms with Gasteiger partial charge in [-0.2, -0.15) is 0 Å². The average Bonchev–Trinajstić information content (AvgIpc) is 2.52. The molecule has 0 aliphatic heterocycles. The SMILES string of the molecule is CCOCCn1ccnc1CCl. The molecule has 0 saturated carbocycles. The predicted molar refractivity (Wildman–Crippen MR) is 48.3 cm³/mol. The van der Waals surface area contributed by atoms with Crippen LogP contribution in [0.3, 0.4) is 0 Å². The molecule has 0 amide bonds. The fourth-order valence-corrected chi connectivity index (χ4v) is 1.20. The Morgan fingerprint density at radius 3 is 3.17 bits per heavy atom. The molecule has 4 heteroatoms. The maximum Gasteiger partial charge on any atom is 0.123 e. The fourth-order valence-electron chi connectivity index (χ4n) is 0.982. The second-order valence-electron chi connectivity index (χ2n) is 2.37. The Bertz CT molecular complexity index is 225. The minimum atomic E-state index is 0.457. The fraction of sp³-hybridized carbons (Fsp3) is 0.625. The first kappa shape index (κ1) is 9.55. The lowest BCUT2D eigenvalue weighted by Gasteiger charge is -2.04. The summed E-state index contributed by atoms with van der Waals surface area (Å²) in [7, 11) is 0. The summed E-state index contributed by atoms with van der Waals surface area (Å²) < 4.78 is 7.22. The van der Waals surface area contributed by atoms with E-state index in [-0.39, 0.29) is 0 Å². The molecule has 0 aliphatic carbocycles. The van der Waals surface area contributed by atoms with Crippen molar-refractivity contribution in [2.24, 2.45) is 0 Å². The Hall–Kier alpha value is -0.540. The zero-order chi connectivity index (χ0) is 8.81. The van der Waals surface area contributed by atoms with Gasteiger partial charge in [-0.25, -0.2) is 4.98 Å². The van der Waals surface area contributed by atoms with E-state index in [0.29, 0.717) is 5.88 Å². The molecule has 1 rings (SSSR count). The van der Waals surface area contributed by atoms with Crippen LogP contribution in [0.15, 0.2) is 12.4 Å². The maximum atomic E-state index is 5.66. The molecule has 0 atom stereocenters. The molecule has 0 unspecified atom stereocenters. The Balaban J connectivity index is 2.39. The summed E-state index contributed by atoms with van der Waals surface area (Å²) in [6, 6.07) is 0. The monoisotopic (exact) mass is 188 g/mol. The molecule has 1 aromatic rings. The Morgan fingerprint density at radius 1 is 1.67 bits per heavy atom. The lowest BCUT2D eigenvalue weighted by atomic mass is 10.6. The van der Waals surface area contributed by atoms with E-state index in [4.69, 9.17) is 16.3 Å². The van der Waals surface area contributed by atoms with Crippen LogP contribution < -0.4 is 0 Å². The molecule has 0 fully saturated rings. The molecular weight excluding hydrogens is 176 g/mol. The van der Waals surface area contributed by atoms with Gasteiger partial charge in [-0.15, -0.1) is 11.6 Å². The maximum absolute atomic E-state index is 5.66. The molecule has 0 aromatic carbocycles. The largest absolute Gasteiger partial charge is 0.380 e. The summed E-state index contributed by atoms with van der Waals surface area (Å²) in [5.74, 6) is 1.36. The zero-order valence-electron chi connectivity index (χ0n) is 7.16. The number of rotatable bonds is 5. The lowest BCUT2D eigenvalue weighted by Crippen LogP contribution is -2.07. The van der Waals surface area contributed by atoms with E-state index in [2.05, 4.69) is 4.98 Å². The zero-order valence-corrected chi connectivity index (χ0v) is 7.92. The number of aromatic nitrogens is 2. The Morgan fingerprint density at radius 2 is 2.50 bits per heavy atom. The Kier molecular flexibility index (Phi) is 4.11. The van der Waals surface area contributed by atoms with Gasteiger partial charge >= 0.3 is 0 Å². The van der Waals surface area contributed by atoms with Crippen LogP contribution >= 0.6 is 11.6 Å². The molecule has 1 aromatic heterocycles. The van der Waals surface area contributed by atoms with Gasteiger partial charge in [-0.1, -0.05) is 0 Å². The molecule has 68 valence electrons. The Labute approximate surface area is 77.3 Å². The summed E-state index contributed by atoms with van der Waals surface area (Å²) in [6.45, 7) is 4.29. The van der Waals surface area contributed by atoms with Crippen molar-refractivity contribution in [1.82, 2.24) is 9.55 Å². The predicted octanol–water partition coefficient (Wildman–Crippen LogP) is 1.66. The van der Waals surface area contributed by atoms with E-state index >= 15 is 0 Å². The molecule has 3 nitrogen and oxygen atoms in total. The van der Waals surface area contributed by atoms with Crippen LogP contribution in [-0.2, 0) is 17.2 Å². The average molecular weight is 189 g/mol. The third kappa shape index (κ3) is 2.50. The van der Waals surface area contributed by atoms with Crippen molar-refractivity contribution >= 4 is 11.6 Å². The van der Waals surface area contributed by atoms with E-state index in [0.717, 1.165) is 25.6 Å². The van der Waals surface area contributed by atoms with Gasteiger partial charge in [0.05, 0.1) is 12.5 Å². The summed E-state index contributed by atoms with van der Waals surface area (Å²) >= 11 is 5.66. The highest BCUT2D eigenvalue weighted by Gasteiger charge is 1.99. The van der Waals surface area contributed by atoms with Crippen LogP contribution in [0, 0.1) is 0 Å². The molecule has 0 bridgehead atoms. The number of nitrogens with zero attached hydrogens (tertiary/aromatic N) is 2. The highest BCUT2D eigenvalue weighted by atomic mass is 35.5. The second-order valence-corrected chi connectivity index (χ2v) is 2.63. The molecule has 0 radical (unpaired) electrons. The first-order valence-electron chi connectivity index (χ1n) is 4.02. The van der Waals surface area contributed by atoms with Crippen LogP contribution in [-0.4, -0.2) is 22.8 Å². The van der Waals surface area contributed by atoms with Crippen molar-refractivity contribution < 1.29 is 4.74 Å². The van der Waals surface area contributed by atoms with Gasteiger partial charge in [0.2, 0.25) is 0 Å². The minimum Gasteiger partial charge on any atom is -0.380 e. The second kappa shape index (κ2) is 5.17. The lowest BCUT2D eigenvalue weighted by molar-refractivity contribution is 0.138. The molecule has 1 heterocycles. The topological polar surface area (TPSA) is 27.1 Å². The summed E-state index contributed by atoms with van der Waals surface area (Å²) in [5.41, 5.74) is 0. The van der Waals surface area contributed by atoms with Crippen molar-refractivity contribution in [3.05, 3.63) is 18.2 Å². The van der Waals surface area contributed by atoms with Crippen LogP contribution in [0.1, 0.15) is 12.7 Å². The normalized spacial score (nSPS) is 10.5. The number of imidazole rings is 1. The molecule has 0 aliphatic rings. The number of hydrogen-bond acceptors (Lipinski definition) is 2. The molecule has 12 heavy (non-hydrogen) atoms. The van der Waals surface area contributed by atoms with Gasteiger partial charge in [-0.05, 0) is 6.92 Å². The smallest absolute Gasteiger partial charge is 0.123 e. The van der Waals surface area contributed by atoms with E-state index in [9.17, 15) is 0 Å². The van der Waals surface area contributed by atoms with E-state index in [1.807, 2.05) is 17.7 Å². The van der Waals surface area contributed by atoms with Gasteiger partial charge < -0.3 is 9.30 Å². The highest BCUT2D eigenvalue weighted by molar-refractivity contribution is 6.16. The van der Waals surface area contributed by atoms with Gasteiger partial charge in [-0.3, -0.25) is 0 Å². The summed E-state index contributed by atoms with van der Waals surface area (Å²) in [6.07, 6.45) is 3.67. The number of hydrogen-bond donors (Lipinski definition) is 0. The molecular formula is C8H13ClN2O. The van der Waals surface area contributed by atoms with E-state index < -0.39 is 0 Å². The first-order valence-corrected chi connectivity index (χ1v) is 4.55. The van der Waals surface area contributed by atoms with Crippen molar-refractivity contribution in [2.75, 3.05) is 13.2 Å². The van der Waals surface area contributed by atoms with Crippen molar-refractivity contribution in [2.45, 2.75) is 19.3 Å². The molecule has 0 N–H and O–H groups in total. The molecule has 0 spiro atoms. The van der Waals surface area contributed by atoms with E-state index in [1.165, 1.54) is 0 Å². The van der Waals surface area contributed by atoms with Gasteiger partial charge in [0.15, 0.2) is 0 Å². The summed E-state index contributed by atoms with van der Waals surface area (Å²) in [5, 5.41) is 0. The summed E-state index contributed by atoms with van der Waals surface area (Å²) in [4.78, 5) is 4.09. The standard InChI is InChI=1S/C8H13ClN2O/c1-2-12-6-5-11-4-3-10-8(11)7-9/h3-4H,2,5-7H2,1H3. The number of alkyl halides is 1. The van der Waals surface area contributed by atoms with Crippen LogP contribution in [0.2, 0.25) is 0 Å². The van der Waals surface area contributed by atoms with Crippen LogP contribution in [0.25, 0.3) is 0 Å². The van der Waals surface area contributed by atoms with Crippen molar-refractivity contribution in [3.8, 4) is 0 Å². The van der Waals surface area contributed by atoms with Gasteiger partial charge in [0, 0.05) is 25.5 Å².